The Kier molecular flexibility index (Phi) is 9.95. The number of thioether (sulfide) groups is 1. The number of unbranched alkanes of at least 4 members (excludes halogenated alkanes) is 2. The third-order valence-electron chi connectivity index (χ3n) is 8.48. The smallest absolute Gasteiger partial charge is 0.310 e. The molecule has 212 valence electrons. The summed E-state index contributed by atoms with van der Waals surface area (Å²) in [5.74, 6) is -1.84. The topological polar surface area (TPSA) is 99.6 Å². The molecule has 2 bridgehead atoms. The van der Waals surface area contributed by atoms with E-state index in [4.69, 9.17) is 9.47 Å². The van der Waals surface area contributed by atoms with E-state index in [0.29, 0.717) is 45.9 Å². The third kappa shape index (κ3) is 5.55. The molecule has 1 spiro atoms. The molecule has 4 fully saturated rings. The normalized spacial score (nSPS) is 31.2. The highest BCUT2D eigenvalue weighted by molar-refractivity contribution is 8.02. The van der Waals surface area contributed by atoms with E-state index in [1.165, 1.54) is 0 Å². The molecule has 9 nitrogen and oxygen atoms in total. The molecule has 4 rings (SSSR count). The fourth-order valence-electron chi connectivity index (χ4n) is 6.57. The minimum Gasteiger partial charge on any atom is -0.465 e. The number of rotatable bonds is 14. The van der Waals surface area contributed by atoms with Gasteiger partial charge in [-0.05, 0) is 39.0 Å². The number of amides is 2. The Balaban J connectivity index is 1.55. The van der Waals surface area contributed by atoms with Crippen LogP contribution in [0.3, 0.4) is 0 Å². The number of fused-ring (bicyclic) bond motifs is 1. The maximum atomic E-state index is 14.3. The van der Waals surface area contributed by atoms with Crippen molar-refractivity contribution in [1.29, 1.82) is 0 Å². The fourth-order valence-corrected chi connectivity index (χ4v) is 8.75. The van der Waals surface area contributed by atoms with Crippen molar-refractivity contribution in [2.45, 2.75) is 61.1 Å². The van der Waals surface area contributed by atoms with Crippen molar-refractivity contribution in [2.75, 3.05) is 59.2 Å². The fraction of sp³-hybridized carbons (Fsp3) is 0.750. The summed E-state index contributed by atoms with van der Waals surface area (Å²) < 4.78 is 10.4. The minimum absolute atomic E-state index is 0.0345. The number of hydrogen-bond acceptors (Lipinski definition) is 8. The predicted octanol–water partition coefficient (Wildman–Crippen LogP) is 1.70. The number of esters is 1. The summed E-state index contributed by atoms with van der Waals surface area (Å²) in [7, 11) is 0. The second-order valence-corrected chi connectivity index (χ2v) is 12.4. The van der Waals surface area contributed by atoms with Crippen LogP contribution in [0.1, 0.15) is 39.0 Å². The van der Waals surface area contributed by atoms with Crippen LogP contribution in [-0.2, 0) is 23.9 Å². The van der Waals surface area contributed by atoms with Gasteiger partial charge in [0.25, 0.3) is 0 Å². The number of morpholine rings is 1. The first-order chi connectivity index (χ1) is 18.4. The van der Waals surface area contributed by atoms with Crippen molar-refractivity contribution in [2.24, 2.45) is 11.8 Å². The summed E-state index contributed by atoms with van der Waals surface area (Å²) in [5.41, 5.74) is 0. The Bertz CT molecular complexity index is 896. The second-order valence-electron chi connectivity index (χ2n) is 10.8. The van der Waals surface area contributed by atoms with Crippen LogP contribution in [0, 0.1) is 11.8 Å². The Morgan fingerprint density at radius 3 is 2.74 bits per heavy atom. The van der Waals surface area contributed by atoms with Gasteiger partial charge in [-0.2, -0.15) is 0 Å². The summed E-state index contributed by atoms with van der Waals surface area (Å²) in [6.45, 7) is 14.1. The number of aliphatic hydroxyl groups is 1. The van der Waals surface area contributed by atoms with Gasteiger partial charge in [-0.15, -0.1) is 24.9 Å². The molecule has 38 heavy (non-hydrogen) atoms. The highest BCUT2D eigenvalue weighted by Crippen LogP contribution is 2.66. The van der Waals surface area contributed by atoms with Gasteiger partial charge in [-0.3, -0.25) is 19.3 Å². The van der Waals surface area contributed by atoms with Crippen LogP contribution in [0.2, 0.25) is 0 Å². The van der Waals surface area contributed by atoms with Crippen molar-refractivity contribution >= 4 is 29.5 Å². The lowest BCUT2D eigenvalue weighted by atomic mass is 9.71. The summed E-state index contributed by atoms with van der Waals surface area (Å²) in [6, 6.07) is -1.26. The first-order valence-corrected chi connectivity index (χ1v) is 14.9. The van der Waals surface area contributed by atoms with Crippen LogP contribution in [0.4, 0.5) is 0 Å². The van der Waals surface area contributed by atoms with Gasteiger partial charge in [0.2, 0.25) is 11.8 Å². The SMILES string of the molecule is C=CCCCCOC(=O)[C@@H]1[C@H]2C(=O)N([C@H](C)CO)C(C(=O)N(CC=C)CCN3CCOCC3)C23CC[C@H]1S3. The Labute approximate surface area is 230 Å². The van der Waals surface area contributed by atoms with E-state index in [1.54, 1.807) is 34.6 Å². The quantitative estimate of drug-likeness (QED) is 0.199. The number of ether oxygens (including phenoxy) is 2. The van der Waals surface area contributed by atoms with E-state index in [0.717, 1.165) is 38.8 Å². The highest BCUT2D eigenvalue weighted by atomic mass is 32.2. The molecule has 2 unspecified atom stereocenters. The first kappa shape index (κ1) is 29.1. The first-order valence-electron chi connectivity index (χ1n) is 14.0. The molecule has 0 aliphatic carbocycles. The molecule has 4 heterocycles. The summed E-state index contributed by atoms with van der Waals surface area (Å²) in [5, 5.41) is 10.0. The van der Waals surface area contributed by atoms with Gasteiger partial charge in [-0.1, -0.05) is 12.2 Å². The Hall–Kier alpha value is -1.88. The lowest BCUT2D eigenvalue weighted by Crippen LogP contribution is -2.57. The molecule has 6 atom stereocenters. The number of aliphatic hydroxyl groups excluding tert-OH is 1. The molecular weight excluding hydrogens is 506 g/mol. The zero-order valence-corrected chi connectivity index (χ0v) is 23.4. The summed E-state index contributed by atoms with van der Waals surface area (Å²) in [4.78, 5) is 47.2. The lowest BCUT2D eigenvalue weighted by Gasteiger charge is -2.39. The molecule has 0 aromatic rings. The minimum atomic E-state index is -0.729. The zero-order chi connectivity index (χ0) is 27.3. The van der Waals surface area contributed by atoms with Gasteiger partial charge in [0.15, 0.2) is 0 Å². The van der Waals surface area contributed by atoms with E-state index in [1.807, 2.05) is 6.08 Å². The molecule has 2 amide bonds. The van der Waals surface area contributed by atoms with Gasteiger partial charge in [0.05, 0.1) is 49.1 Å². The van der Waals surface area contributed by atoms with E-state index < -0.39 is 28.7 Å². The highest BCUT2D eigenvalue weighted by Gasteiger charge is 2.74. The van der Waals surface area contributed by atoms with Gasteiger partial charge < -0.3 is 24.4 Å². The largest absolute Gasteiger partial charge is 0.465 e. The Morgan fingerprint density at radius 1 is 1.29 bits per heavy atom. The molecular formula is C28H43N3O6S. The number of likely N-dealkylation sites (tertiary alicyclic amines) is 1. The monoisotopic (exact) mass is 549 g/mol. The molecule has 4 aliphatic rings. The van der Waals surface area contributed by atoms with Crippen LogP contribution in [0.25, 0.3) is 0 Å². The van der Waals surface area contributed by atoms with E-state index in [2.05, 4.69) is 18.1 Å². The maximum Gasteiger partial charge on any atom is 0.310 e. The number of allylic oxidation sites excluding steroid dienone is 1. The number of hydrogen-bond donors (Lipinski definition) is 1. The van der Waals surface area contributed by atoms with Crippen LogP contribution in [0.15, 0.2) is 25.3 Å². The third-order valence-corrected chi connectivity index (χ3v) is 10.4. The molecule has 10 heteroatoms. The van der Waals surface area contributed by atoms with Crippen molar-refractivity contribution in [1.82, 2.24) is 14.7 Å². The zero-order valence-electron chi connectivity index (χ0n) is 22.6. The Morgan fingerprint density at radius 2 is 2.05 bits per heavy atom. The van der Waals surface area contributed by atoms with Gasteiger partial charge in [-0.25, -0.2) is 0 Å². The molecule has 4 aliphatic heterocycles. The van der Waals surface area contributed by atoms with Crippen LogP contribution >= 0.6 is 11.8 Å². The van der Waals surface area contributed by atoms with Gasteiger partial charge in [0.1, 0.15) is 6.04 Å². The lowest BCUT2D eigenvalue weighted by molar-refractivity contribution is -0.154. The molecule has 0 aromatic heterocycles. The van der Waals surface area contributed by atoms with Crippen LogP contribution in [-0.4, -0.2) is 119 Å². The second kappa shape index (κ2) is 13.0. The van der Waals surface area contributed by atoms with Gasteiger partial charge >= 0.3 is 5.97 Å². The predicted molar refractivity (Wildman–Crippen MR) is 147 cm³/mol. The average molecular weight is 550 g/mol. The van der Waals surface area contributed by atoms with Gasteiger partial charge in [0, 0.05) is 38.0 Å². The van der Waals surface area contributed by atoms with Crippen molar-refractivity contribution in [3.63, 3.8) is 0 Å². The van der Waals surface area contributed by atoms with E-state index in [9.17, 15) is 19.5 Å². The molecule has 1 N–H and O–H groups in total. The average Bonchev–Trinajstić information content (AvgIpc) is 3.58. The van der Waals surface area contributed by atoms with Crippen LogP contribution < -0.4 is 0 Å². The maximum absolute atomic E-state index is 14.3. The van der Waals surface area contributed by atoms with E-state index in [-0.39, 0.29) is 29.6 Å². The van der Waals surface area contributed by atoms with Crippen molar-refractivity contribution in [3.05, 3.63) is 25.3 Å². The standard InChI is InChI=1S/C28H43N3O6S/c1-4-6-7-8-16-37-27(35)22-21-9-10-28(38-21)23(22)25(33)31(20(3)19-32)24(28)26(34)30(11-5-2)13-12-29-14-17-36-18-15-29/h4-5,20-24,32H,1-2,6-19H2,3H3/t20-,21-,22+,23+,24?,28?/m1/s1. The molecule has 0 aromatic carbocycles. The summed E-state index contributed by atoms with van der Waals surface area (Å²) >= 11 is 1.63. The number of carbonyl (C=O) groups is 3. The van der Waals surface area contributed by atoms with Crippen molar-refractivity contribution in [3.8, 4) is 0 Å². The molecule has 4 saturated heterocycles. The molecule has 0 radical (unpaired) electrons. The number of carbonyl (C=O) groups excluding carboxylic acids is 3. The summed E-state index contributed by atoms with van der Waals surface area (Å²) in [6.07, 6.45) is 7.54. The van der Waals surface area contributed by atoms with E-state index >= 15 is 0 Å². The van der Waals surface area contributed by atoms with Crippen molar-refractivity contribution < 1.29 is 29.0 Å². The van der Waals surface area contributed by atoms with Crippen LogP contribution in [0.5, 0.6) is 0 Å². The number of nitrogens with zero attached hydrogens (tertiary/aromatic N) is 3. The molecule has 0 saturated carbocycles.